The van der Waals surface area contributed by atoms with Gasteiger partial charge in [0.2, 0.25) is 5.95 Å². The summed E-state index contributed by atoms with van der Waals surface area (Å²) in [6.07, 6.45) is 7.33. The van der Waals surface area contributed by atoms with Gasteiger partial charge in [0.15, 0.2) is 5.16 Å². The number of hydrogen-bond donors (Lipinski definition) is 10. The van der Waals surface area contributed by atoms with Crippen molar-refractivity contribution in [3.8, 4) is 10.6 Å². The number of aliphatic hydroxyl groups excluding tert-OH is 6. The van der Waals surface area contributed by atoms with Gasteiger partial charge in [0, 0.05) is 62.2 Å². The summed E-state index contributed by atoms with van der Waals surface area (Å²) in [6.45, 7) is 4.96. The molecule has 8 rings (SSSR count). The Morgan fingerprint density at radius 2 is 1.36 bits per heavy atom. The van der Waals surface area contributed by atoms with Gasteiger partial charge in [-0.2, -0.15) is 4.98 Å². The molecule has 4 saturated carbocycles. The van der Waals surface area contributed by atoms with Crippen LogP contribution in [0.25, 0.3) is 20.8 Å². The van der Waals surface area contributed by atoms with E-state index in [4.69, 9.17) is 30.9 Å². The average molecular weight is 988 g/mol. The highest BCUT2D eigenvalue weighted by atomic mass is 127. The second-order valence-electron chi connectivity index (χ2n) is 16.0. The highest BCUT2D eigenvalue weighted by Gasteiger charge is 2.35. The van der Waals surface area contributed by atoms with Crippen LogP contribution >= 0.6 is 58.1 Å². The van der Waals surface area contributed by atoms with Crippen LogP contribution in [0.5, 0.6) is 0 Å². The number of aryl methyl sites for hydroxylation is 2. The van der Waals surface area contributed by atoms with E-state index >= 15 is 0 Å². The number of thiazole rings is 1. The summed E-state index contributed by atoms with van der Waals surface area (Å²) in [7, 11) is 0. The number of benzene rings is 1. The maximum absolute atomic E-state index is 10.2. The fourth-order valence-corrected chi connectivity index (χ4v) is 9.70. The predicted molar refractivity (Wildman–Crippen MR) is 245 cm³/mol. The fourth-order valence-electron chi connectivity index (χ4n) is 7.83. The number of hydrogen-bond acceptors (Lipinski definition) is 17. The van der Waals surface area contributed by atoms with Gasteiger partial charge >= 0.3 is 0 Å². The molecule has 9 atom stereocenters. The average Bonchev–Trinajstić information content (AvgIpc) is 3.46. The van der Waals surface area contributed by atoms with Gasteiger partial charge < -0.3 is 52.3 Å². The number of nitrogens with zero attached hydrogens (tertiary/aromatic N) is 5. The van der Waals surface area contributed by atoms with Gasteiger partial charge in [-0.05, 0) is 112 Å². The Balaban J connectivity index is 0.000000195. The lowest BCUT2D eigenvalue weighted by Crippen LogP contribution is -2.19. The maximum Gasteiger partial charge on any atom is 0.224 e. The van der Waals surface area contributed by atoms with Gasteiger partial charge in [0.25, 0.3) is 0 Å². The number of aromatic nitrogens is 5. The molecule has 15 nitrogen and oxygen atoms in total. The van der Waals surface area contributed by atoms with Crippen LogP contribution in [0.4, 0.5) is 17.6 Å². The maximum atomic E-state index is 10.2. The fraction of sp³-hybridized carbons (Fsp3) is 0.625. The molecule has 4 aliphatic rings. The number of para-hydroxylation sites is 1. The van der Waals surface area contributed by atoms with Gasteiger partial charge in [-0.15, -0.1) is 23.7 Å². The second-order valence-corrected chi connectivity index (χ2v) is 18.9. The first-order valence-electron chi connectivity index (χ1n) is 20.1. The van der Waals surface area contributed by atoms with Crippen molar-refractivity contribution >= 4 is 85.9 Å². The van der Waals surface area contributed by atoms with Crippen molar-refractivity contribution in [1.82, 2.24) is 24.9 Å². The van der Waals surface area contributed by atoms with Crippen LogP contribution in [0.2, 0.25) is 0 Å². The molecule has 1 aromatic carbocycles. The molecule has 4 aromatic rings. The molecule has 0 saturated heterocycles. The molecule has 326 valence electrons. The highest BCUT2D eigenvalue weighted by molar-refractivity contribution is 14.1. The van der Waals surface area contributed by atoms with Crippen molar-refractivity contribution < 1.29 is 30.6 Å². The quantitative estimate of drug-likeness (QED) is 0.0530. The summed E-state index contributed by atoms with van der Waals surface area (Å²) in [4.78, 5) is 23.2. The van der Waals surface area contributed by atoms with Crippen molar-refractivity contribution in [1.29, 1.82) is 0 Å². The minimum Gasteiger partial charge on any atom is -0.396 e. The van der Waals surface area contributed by atoms with E-state index in [1.807, 2.05) is 38.3 Å². The largest absolute Gasteiger partial charge is 0.396 e. The number of nitrogens with two attached hydrogens (primary N) is 1. The molecule has 3 aromatic heterocycles. The Morgan fingerprint density at radius 1 is 0.763 bits per heavy atom. The highest BCUT2D eigenvalue weighted by Crippen LogP contribution is 2.38. The molecule has 0 radical (unpaired) electrons. The molecule has 0 bridgehead atoms. The van der Waals surface area contributed by atoms with E-state index in [0.717, 1.165) is 77.8 Å². The molecular formula is C40H59ClIN9O6S2. The van der Waals surface area contributed by atoms with Crippen molar-refractivity contribution in [3.63, 3.8) is 0 Å². The normalized spacial score (nSPS) is 27.3. The van der Waals surface area contributed by atoms with E-state index in [1.54, 1.807) is 11.3 Å². The molecule has 0 amide bonds. The van der Waals surface area contributed by atoms with Crippen molar-refractivity contribution in [2.75, 3.05) is 48.6 Å². The summed E-state index contributed by atoms with van der Waals surface area (Å²) >= 11 is 5.39. The molecule has 3 heterocycles. The molecule has 19 heteroatoms. The van der Waals surface area contributed by atoms with E-state index in [9.17, 15) is 20.4 Å². The first-order valence-corrected chi connectivity index (χ1v) is 23.2. The third-order valence-electron chi connectivity index (χ3n) is 11.4. The smallest absolute Gasteiger partial charge is 0.224 e. The summed E-state index contributed by atoms with van der Waals surface area (Å²) in [6, 6.07) is 8.41. The molecular weight excluding hydrogens is 929 g/mol. The Hall–Kier alpha value is -2.24. The Morgan fingerprint density at radius 3 is 1.88 bits per heavy atom. The molecule has 0 spiro atoms. The SMILES string of the molecule is CSc1nc(C)c(I)c(N[C@@H]2C[C@H](CO)[C@@H](O)C2)n1.Cc1nc(NCC2CC2)nc(N[C@@H]2C[C@H](CO)[C@@H](O)C2)c1-c1nc2ccccc2s1.Cl.N[C@@H]1C[C@H](CO)[C@@H](O)C1. The molecule has 11 N–H and O–H groups in total. The van der Waals surface area contributed by atoms with Crippen LogP contribution < -0.4 is 21.7 Å². The zero-order chi connectivity index (χ0) is 41.5. The number of fused-ring (bicyclic) bond motifs is 1. The van der Waals surface area contributed by atoms with Crippen LogP contribution in [0, 0.1) is 41.1 Å². The first-order chi connectivity index (χ1) is 27.9. The van der Waals surface area contributed by atoms with E-state index < -0.39 is 12.2 Å². The van der Waals surface area contributed by atoms with Gasteiger partial charge in [-0.1, -0.05) is 23.9 Å². The van der Waals surface area contributed by atoms with Crippen molar-refractivity contribution in [2.24, 2.45) is 29.4 Å². The lowest BCUT2D eigenvalue weighted by molar-refractivity contribution is 0.0903. The summed E-state index contributed by atoms with van der Waals surface area (Å²) in [5, 5.41) is 68.4. The zero-order valence-electron chi connectivity index (χ0n) is 33.7. The summed E-state index contributed by atoms with van der Waals surface area (Å²) < 4.78 is 2.14. The lowest BCUT2D eigenvalue weighted by atomic mass is 10.1. The number of halogens is 2. The lowest BCUT2D eigenvalue weighted by Gasteiger charge is -2.18. The van der Waals surface area contributed by atoms with E-state index in [0.29, 0.717) is 31.6 Å². The molecule has 4 aliphatic carbocycles. The van der Waals surface area contributed by atoms with Crippen LogP contribution in [0.1, 0.15) is 62.8 Å². The van der Waals surface area contributed by atoms with Crippen molar-refractivity contribution in [2.45, 2.75) is 107 Å². The van der Waals surface area contributed by atoms with E-state index in [2.05, 4.69) is 54.6 Å². The number of nitrogens with one attached hydrogen (secondary N) is 3. The van der Waals surface area contributed by atoms with Gasteiger partial charge in [-0.25, -0.2) is 19.9 Å². The van der Waals surface area contributed by atoms with Gasteiger partial charge in [-0.3, -0.25) is 0 Å². The number of aliphatic hydroxyl groups is 6. The van der Waals surface area contributed by atoms with Crippen LogP contribution in [-0.4, -0.2) is 125 Å². The second kappa shape index (κ2) is 22.2. The summed E-state index contributed by atoms with van der Waals surface area (Å²) in [5.41, 5.74) is 9.24. The number of rotatable bonds is 12. The van der Waals surface area contributed by atoms with Crippen molar-refractivity contribution in [3.05, 3.63) is 39.2 Å². The van der Waals surface area contributed by atoms with Crippen LogP contribution in [0.3, 0.4) is 0 Å². The third-order valence-corrected chi connectivity index (χ3v) is 14.3. The third kappa shape index (κ3) is 12.7. The predicted octanol–water partition coefficient (Wildman–Crippen LogP) is 4.58. The molecule has 4 fully saturated rings. The zero-order valence-corrected chi connectivity index (χ0v) is 38.3. The number of anilines is 3. The van der Waals surface area contributed by atoms with Gasteiger partial charge in [0.05, 0.1) is 49.1 Å². The molecule has 59 heavy (non-hydrogen) atoms. The standard InChI is InChI=1S/C22H27N5O2S.C12H18IN3O2S.C6H13NO2.ClH/c1-12-19(21-26-16-4-2-3-5-18(16)30-21)20(25-15-8-14(11-28)17(29)9-15)27-22(24-12)23-10-13-6-7-13;1-6-10(13)11(16-12(14-6)19-2)15-8-3-7(5-17)9(18)4-8;7-5-1-4(3-8)6(9)2-5;/h2-5,13-15,17,28-29H,6-11H2,1H3,(H2,23,24,25,27);7-9,17-18H,3-5H2,1-2H3,(H,14,15,16);4-6,8-9H,1-3,7H2;1H/t14-,15-,17+;7-,8-,9+;4-,5-,6+;/m111./s1. The Labute approximate surface area is 373 Å². The molecule has 0 aliphatic heterocycles. The van der Waals surface area contributed by atoms with E-state index in [1.165, 1.54) is 24.6 Å². The monoisotopic (exact) mass is 987 g/mol. The first kappa shape index (κ1) is 47.8. The van der Waals surface area contributed by atoms with E-state index in [-0.39, 0.29) is 74.2 Å². The Bertz CT molecular complexity index is 1930. The topological polar surface area (TPSA) is 248 Å². The van der Waals surface area contributed by atoms with Crippen LogP contribution in [-0.2, 0) is 0 Å². The number of thioether (sulfide) groups is 1. The Kier molecular flexibility index (Phi) is 18.0. The minimum absolute atomic E-state index is 0. The summed E-state index contributed by atoms with van der Waals surface area (Å²) in [5.74, 6) is 2.83. The van der Waals surface area contributed by atoms with Gasteiger partial charge in [0.1, 0.15) is 16.6 Å². The van der Waals surface area contributed by atoms with Crippen LogP contribution in [0.15, 0.2) is 29.4 Å². The minimum atomic E-state index is -0.492. The molecule has 0 unspecified atom stereocenters.